The van der Waals surface area contributed by atoms with Gasteiger partial charge in [0, 0.05) is 22.4 Å². The molecule has 0 radical (unpaired) electrons. The highest BCUT2D eigenvalue weighted by atomic mass is 35.5. The number of carbonyl (C=O) groups excluding carboxylic acids is 1. The summed E-state index contributed by atoms with van der Waals surface area (Å²) in [5, 5.41) is 10.7. The fourth-order valence-corrected chi connectivity index (χ4v) is 6.91. The highest BCUT2D eigenvalue weighted by Gasteiger charge is 2.29. The van der Waals surface area contributed by atoms with Crippen LogP contribution in [0.5, 0.6) is 17.4 Å². The molecule has 254 valence electrons. The standard InChI is InChI=1S/C25H22ClNO3.C9H11Cl3NO3PS/c1-17(2)24(18-11-13-20(26)14-12-18)25(28)30-23(16-27)19-7-6-10-22(15-19)29-21-8-4-3-5-9-21;1-3-14-17(18,15-4-2)16-9-7(11)5-6(10)8(12)13-9/h3-15,17,23-24H,1-2H3;5H,3-4H2,1-2H3/t23-,24+;/m1./s1. The predicted octanol–water partition coefficient (Wildman–Crippen LogP) is 11.4. The zero-order chi connectivity index (χ0) is 35.3. The van der Waals surface area contributed by atoms with Crippen molar-refractivity contribution in [3.63, 3.8) is 0 Å². The minimum absolute atomic E-state index is 0.00855. The van der Waals surface area contributed by atoms with Crippen LogP contribution in [0.2, 0.25) is 20.2 Å². The number of hydrogen-bond acceptors (Lipinski definition) is 9. The number of rotatable bonds is 13. The number of nitrogens with zero attached hydrogens (tertiary/aromatic N) is 2. The molecule has 0 spiro atoms. The Kier molecular flexibility index (Phi) is 15.9. The van der Waals surface area contributed by atoms with Gasteiger partial charge in [0.05, 0.1) is 24.2 Å². The van der Waals surface area contributed by atoms with Gasteiger partial charge in [0.15, 0.2) is 5.15 Å². The average Bonchev–Trinajstić information content (AvgIpc) is 3.04. The number of esters is 1. The summed E-state index contributed by atoms with van der Waals surface area (Å²) < 4.78 is 27.5. The van der Waals surface area contributed by atoms with Crippen molar-refractivity contribution in [2.75, 3.05) is 13.2 Å². The molecule has 1 aromatic heterocycles. The van der Waals surface area contributed by atoms with E-state index in [1.165, 1.54) is 6.07 Å². The van der Waals surface area contributed by atoms with Gasteiger partial charge in [-0.25, -0.2) is 0 Å². The summed E-state index contributed by atoms with van der Waals surface area (Å²) >= 11 is 28.6. The lowest BCUT2D eigenvalue weighted by Crippen LogP contribution is -2.22. The Balaban J connectivity index is 0.000000297. The van der Waals surface area contributed by atoms with E-state index in [1.807, 2.05) is 56.3 Å². The molecular weight excluding hydrogens is 737 g/mol. The van der Waals surface area contributed by atoms with Gasteiger partial charge in [-0.2, -0.15) is 10.2 Å². The molecule has 0 N–H and O–H groups in total. The molecule has 1 heterocycles. The third-order valence-electron chi connectivity index (χ3n) is 6.27. The fraction of sp³-hybridized carbons (Fsp3) is 0.265. The lowest BCUT2D eigenvalue weighted by Gasteiger charge is -2.22. The molecule has 48 heavy (non-hydrogen) atoms. The van der Waals surface area contributed by atoms with Gasteiger partial charge in [-0.3, -0.25) is 13.8 Å². The summed E-state index contributed by atoms with van der Waals surface area (Å²) in [7, 11) is 0. The highest BCUT2D eigenvalue weighted by molar-refractivity contribution is 8.07. The Morgan fingerprint density at radius 2 is 1.48 bits per heavy atom. The number of ether oxygens (including phenoxy) is 2. The Morgan fingerprint density at radius 3 is 2.06 bits per heavy atom. The number of pyridine rings is 1. The zero-order valence-electron chi connectivity index (χ0n) is 26.4. The lowest BCUT2D eigenvalue weighted by molar-refractivity contribution is -0.150. The molecule has 0 unspecified atom stereocenters. The molecule has 0 fully saturated rings. The van der Waals surface area contributed by atoms with Gasteiger partial charge in [-0.05, 0) is 67.8 Å². The summed E-state index contributed by atoms with van der Waals surface area (Å²) in [5.74, 6) is 0.341. The molecule has 3 aromatic carbocycles. The van der Waals surface area contributed by atoms with E-state index >= 15 is 0 Å². The first-order valence-corrected chi connectivity index (χ1v) is 18.7. The van der Waals surface area contributed by atoms with Crippen LogP contribution in [-0.4, -0.2) is 24.2 Å². The second-order valence-electron chi connectivity index (χ2n) is 10.1. The molecule has 4 rings (SSSR count). The number of benzene rings is 3. The summed E-state index contributed by atoms with van der Waals surface area (Å²) in [5.41, 5.74) is 1.36. The van der Waals surface area contributed by atoms with Gasteiger partial charge in [0.25, 0.3) is 0 Å². The maximum absolute atomic E-state index is 13.0. The highest BCUT2D eigenvalue weighted by Crippen LogP contribution is 2.51. The molecular formula is C34H33Cl4N2O6PS. The first-order valence-electron chi connectivity index (χ1n) is 14.7. The molecule has 0 aliphatic heterocycles. The molecule has 8 nitrogen and oxygen atoms in total. The van der Waals surface area contributed by atoms with E-state index in [0.29, 0.717) is 35.3 Å². The summed E-state index contributed by atoms with van der Waals surface area (Å²) in [6, 6.07) is 26.9. The van der Waals surface area contributed by atoms with Crippen LogP contribution >= 0.6 is 53.1 Å². The maximum Gasteiger partial charge on any atom is 0.381 e. The molecule has 2 atom stereocenters. The van der Waals surface area contributed by atoms with Crippen molar-refractivity contribution in [1.82, 2.24) is 4.98 Å². The molecule has 0 bridgehead atoms. The van der Waals surface area contributed by atoms with Crippen molar-refractivity contribution in [2.45, 2.75) is 39.7 Å². The fourth-order valence-electron chi connectivity index (χ4n) is 4.19. The number of nitriles is 1. The average molecular weight is 770 g/mol. The lowest BCUT2D eigenvalue weighted by atomic mass is 9.88. The van der Waals surface area contributed by atoms with E-state index < -0.39 is 24.7 Å². The third kappa shape index (κ3) is 11.9. The van der Waals surface area contributed by atoms with E-state index in [2.05, 4.69) is 11.1 Å². The van der Waals surface area contributed by atoms with Gasteiger partial charge < -0.3 is 14.0 Å². The van der Waals surface area contributed by atoms with Gasteiger partial charge in [0.1, 0.15) is 22.6 Å². The van der Waals surface area contributed by atoms with Crippen LogP contribution in [0.4, 0.5) is 0 Å². The Labute approximate surface area is 306 Å². The second kappa shape index (κ2) is 19.3. The maximum atomic E-state index is 13.0. The minimum atomic E-state index is -2.92. The summed E-state index contributed by atoms with van der Waals surface area (Å²) in [6.07, 6.45) is -1.04. The minimum Gasteiger partial charge on any atom is -0.457 e. The number of hydrogen-bond donors (Lipinski definition) is 0. The monoisotopic (exact) mass is 768 g/mol. The normalized spacial score (nSPS) is 12.2. The van der Waals surface area contributed by atoms with Crippen molar-refractivity contribution in [3.8, 4) is 23.4 Å². The SMILES string of the molecule is CC(C)[C@H](C(=O)O[C@H](C#N)c1cccc(Oc2ccccc2)c1)c1ccc(Cl)cc1.CCOP(=S)(OCC)Oc1nc(Cl)c(Cl)cc1Cl. The van der Waals surface area contributed by atoms with Crippen molar-refractivity contribution in [1.29, 1.82) is 5.26 Å². The topological polar surface area (TPSA) is 99.9 Å². The first kappa shape index (κ1) is 39.5. The van der Waals surface area contributed by atoms with Crippen LogP contribution in [0.3, 0.4) is 0 Å². The third-order valence-corrected chi connectivity index (χ3v) is 9.87. The van der Waals surface area contributed by atoms with Crippen LogP contribution in [-0.2, 0) is 30.4 Å². The van der Waals surface area contributed by atoms with E-state index in [-0.39, 0.29) is 27.0 Å². The zero-order valence-corrected chi connectivity index (χ0v) is 31.2. The van der Waals surface area contributed by atoms with E-state index in [1.54, 1.807) is 50.2 Å². The molecule has 14 heteroatoms. The van der Waals surface area contributed by atoms with E-state index in [4.69, 9.17) is 81.3 Å². The smallest absolute Gasteiger partial charge is 0.381 e. The number of carbonyl (C=O) groups is 1. The van der Waals surface area contributed by atoms with Crippen LogP contribution in [0.1, 0.15) is 50.8 Å². The summed E-state index contributed by atoms with van der Waals surface area (Å²) in [6.45, 7) is 5.25. The van der Waals surface area contributed by atoms with E-state index in [9.17, 15) is 10.1 Å². The number of aromatic nitrogens is 1. The van der Waals surface area contributed by atoms with Crippen molar-refractivity contribution in [3.05, 3.63) is 116 Å². The predicted molar refractivity (Wildman–Crippen MR) is 194 cm³/mol. The van der Waals surface area contributed by atoms with Crippen LogP contribution in [0, 0.1) is 17.2 Å². The van der Waals surface area contributed by atoms with Crippen molar-refractivity contribution < 1.29 is 27.8 Å². The quantitative estimate of drug-likeness (QED) is 0.0747. The van der Waals surface area contributed by atoms with Crippen molar-refractivity contribution in [2.24, 2.45) is 5.92 Å². The van der Waals surface area contributed by atoms with Crippen LogP contribution in [0.15, 0.2) is 84.9 Å². The Bertz CT molecular complexity index is 1730. The number of para-hydroxylation sites is 1. The van der Waals surface area contributed by atoms with Crippen LogP contribution < -0.4 is 9.26 Å². The van der Waals surface area contributed by atoms with Gasteiger partial charge in [-0.15, -0.1) is 0 Å². The summed E-state index contributed by atoms with van der Waals surface area (Å²) in [4.78, 5) is 16.9. The van der Waals surface area contributed by atoms with Crippen molar-refractivity contribution >= 4 is 70.9 Å². The van der Waals surface area contributed by atoms with Crippen LogP contribution in [0.25, 0.3) is 0 Å². The molecule has 0 aliphatic carbocycles. The largest absolute Gasteiger partial charge is 0.457 e. The molecule has 0 amide bonds. The first-order chi connectivity index (χ1) is 22.9. The molecule has 0 saturated heterocycles. The number of halogens is 4. The van der Waals surface area contributed by atoms with Gasteiger partial charge >= 0.3 is 12.7 Å². The Morgan fingerprint density at radius 1 is 0.854 bits per heavy atom. The van der Waals surface area contributed by atoms with Gasteiger partial charge in [-0.1, -0.05) is 103 Å². The van der Waals surface area contributed by atoms with Gasteiger partial charge in [0.2, 0.25) is 12.0 Å². The Hall–Kier alpha value is -2.90. The second-order valence-corrected chi connectivity index (χ2v) is 14.7. The molecule has 0 saturated carbocycles. The molecule has 4 aromatic rings. The molecule has 0 aliphatic rings. The van der Waals surface area contributed by atoms with E-state index in [0.717, 1.165) is 5.56 Å².